The molecule has 2 N–H and O–H groups in total. The number of hydrogen-bond donors (Lipinski definition) is 1. The molecule has 4 heterocycles. The molecular weight excluding hydrogens is 240 g/mol. The Morgan fingerprint density at radius 2 is 2.16 bits per heavy atom. The Balaban J connectivity index is 1.76. The second-order valence-electron chi connectivity index (χ2n) is 5.32. The van der Waals surface area contributed by atoms with E-state index in [1.54, 1.807) is 6.20 Å². The van der Waals surface area contributed by atoms with Gasteiger partial charge in [0.25, 0.3) is 0 Å². The lowest BCUT2D eigenvalue weighted by Crippen LogP contribution is -2.63. The highest BCUT2D eigenvalue weighted by atomic mass is 16.5. The van der Waals surface area contributed by atoms with Crippen molar-refractivity contribution in [3.8, 4) is 5.75 Å². The van der Waals surface area contributed by atoms with E-state index in [9.17, 15) is 0 Å². The van der Waals surface area contributed by atoms with Crippen LogP contribution in [0.25, 0.3) is 0 Å². The lowest BCUT2D eigenvalue weighted by atomic mass is 9.96. The standard InChI is InChI=1S/C14H22N4O/c1-2-19-12-7-11(8-16-9-12)14(15)13-10-17-3-5-18(13)6-4-17/h7-9,13-14H,2-6,10,15H2,1H3. The normalized spacial score (nSPS) is 31.2. The fourth-order valence-corrected chi connectivity index (χ4v) is 3.08. The van der Waals surface area contributed by atoms with Gasteiger partial charge in [0.1, 0.15) is 5.75 Å². The van der Waals surface area contributed by atoms with Crippen molar-refractivity contribution in [2.24, 2.45) is 5.73 Å². The van der Waals surface area contributed by atoms with E-state index in [1.807, 2.05) is 19.2 Å². The summed E-state index contributed by atoms with van der Waals surface area (Å²) in [6, 6.07) is 2.44. The average Bonchev–Trinajstić information content (AvgIpc) is 2.48. The van der Waals surface area contributed by atoms with E-state index in [1.165, 1.54) is 13.1 Å². The fourth-order valence-electron chi connectivity index (χ4n) is 3.08. The summed E-state index contributed by atoms with van der Waals surface area (Å²) in [5.74, 6) is 0.812. The van der Waals surface area contributed by atoms with E-state index in [-0.39, 0.29) is 6.04 Å². The predicted molar refractivity (Wildman–Crippen MR) is 74.1 cm³/mol. The first-order valence-corrected chi connectivity index (χ1v) is 7.07. The maximum absolute atomic E-state index is 6.46. The van der Waals surface area contributed by atoms with Crippen molar-refractivity contribution in [1.82, 2.24) is 14.8 Å². The fraction of sp³-hybridized carbons (Fsp3) is 0.643. The number of aromatic nitrogens is 1. The molecule has 1 aromatic rings. The van der Waals surface area contributed by atoms with Crippen LogP contribution in [-0.4, -0.2) is 60.2 Å². The zero-order valence-corrected chi connectivity index (χ0v) is 11.5. The van der Waals surface area contributed by atoms with Crippen LogP contribution in [0.5, 0.6) is 5.75 Å². The summed E-state index contributed by atoms with van der Waals surface area (Å²) in [6.07, 6.45) is 3.61. The van der Waals surface area contributed by atoms with E-state index < -0.39 is 0 Å². The molecule has 3 fully saturated rings. The largest absolute Gasteiger partial charge is 0.492 e. The van der Waals surface area contributed by atoms with Crippen LogP contribution < -0.4 is 10.5 Å². The monoisotopic (exact) mass is 262 g/mol. The minimum atomic E-state index is 0.0102. The van der Waals surface area contributed by atoms with Crippen LogP contribution in [0.3, 0.4) is 0 Å². The van der Waals surface area contributed by atoms with Crippen molar-refractivity contribution in [2.75, 3.05) is 39.3 Å². The summed E-state index contributed by atoms with van der Waals surface area (Å²) < 4.78 is 5.50. The van der Waals surface area contributed by atoms with Gasteiger partial charge in [-0.1, -0.05) is 0 Å². The topological polar surface area (TPSA) is 54.6 Å². The number of piperazine rings is 3. The highest BCUT2D eigenvalue weighted by molar-refractivity contribution is 5.27. The first kappa shape index (κ1) is 12.8. The molecule has 19 heavy (non-hydrogen) atoms. The van der Waals surface area contributed by atoms with Gasteiger partial charge in [0.15, 0.2) is 0 Å². The minimum Gasteiger partial charge on any atom is -0.492 e. The SMILES string of the molecule is CCOc1cncc(C(N)C2CN3CCN2CC3)c1. The molecule has 3 aliphatic rings. The molecule has 2 atom stereocenters. The highest BCUT2D eigenvalue weighted by Crippen LogP contribution is 2.26. The Labute approximate surface area is 114 Å². The first-order valence-electron chi connectivity index (χ1n) is 7.07. The van der Waals surface area contributed by atoms with E-state index in [4.69, 9.17) is 10.5 Å². The maximum atomic E-state index is 6.46. The molecule has 3 saturated heterocycles. The first-order chi connectivity index (χ1) is 9.28. The molecule has 3 aliphatic heterocycles. The molecule has 0 amide bonds. The lowest BCUT2D eigenvalue weighted by molar-refractivity contribution is 0.00208. The summed E-state index contributed by atoms with van der Waals surface area (Å²) in [5.41, 5.74) is 7.53. The Morgan fingerprint density at radius 3 is 2.79 bits per heavy atom. The minimum absolute atomic E-state index is 0.0102. The van der Waals surface area contributed by atoms with Crippen LogP contribution in [0, 0.1) is 0 Å². The number of hydrogen-bond acceptors (Lipinski definition) is 5. The van der Waals surface area contributed by atoms with Gasteiger partial charge in [-0.25, -0.2) is 0 Å². The molecule has 0 aromatic carbocycles. The molecule has 104 valence electrons. The van der Waals surface area contributed by atoms with Gasteiger partial charge in [0, 0.05) is 51.0 Å². The van der Waals surface area contributed by atoms with E-state index in [2.05, 4.69) is 14.8 Å². The van der Waals surface area contributed by atoms with Crippen molar-refractivity contribution < 1.29 is 4.74 Å². The van der Waals surface area contributed by atoms with Crippen molar-refractivity contribution in [3.63, 3.8) is 0 Å². The second-order valence-corrected chi connectivity index (χ2v) is 5.32. The molecule has 4 rings (SSSR count). The van der Waals surface area contributed by atoms with Gasteiger partial charge in [-0.15, -0.1) is 0 Å². The molecule has 0 saturated carbocycles. The summed E-state index contributed by atoms with van der Waals surface area (Å²) in [7, 11) is 0. The van der Waals surface area contributed by atoms with Gasteiger partial charge in [0.2, 0.25) is 0 Å². The number of pyridine rings is 1. The number of nitrogens with two attached hydrogens (primary N) is 1. The maximum Gasteiger partial charge on any atom is 0.137 e. The second kappa shape index (κ2) is 5.45. The van der Waals surface area contributed by atoms with Gasteiger partial charge in [0.05, 0.1) is 12.8 Å². The summed E-state index contributed by atoms with van der Waals surface area (Å²) in [4.78, 5) is 9.26. The van der Waals surface area contributed by atoms with Crippen LogP contribution in [0.1, 0.15) is 18.5 Å². The van der Waals surface area contributed by atoms with Crippen molar-refractivity contribution >= 4 is 0 Å². The molecule has 2 bridgehead atoms. The van der Waals surface area contributed by atoms with Crippen LogP contribution in [0.4, 0.5) is 0 Å². The number of rotatable bonds is 4. The third-order valence-electron chi connectivity index (χ3n) is 4.17. The van der Waals surface area contributed by atoms with Crippen LogP contribution in [-0.2, 0) is 0 Å². The number of ether oxygens (including phenoxy) is 1. The summed E-state index contributed by atoms with van der Waals surface area (Å²) >= 11 is 0. The zero-order valence-electron chi connectivity index (χ0n) is 11.5. The van der Waals surface area contributed by atoms with Gasteiger partial charge in [-0.2, -0.15) is 0 Å². The smallest absolute Gasteiger partial charge is 0.137 e. The summed E-state index contributed by atoms with van der Waals surface area (Å²) in [6.45, 7) is 8.34. The highest BCUT2D eigenvalue weighted by Gasteiger charge is 2.35. The zero-order chi connectivity index (χ0) is 13.2. The molecule has 1 aromatic heterocycles. The predicted octanol–water partition coefficient (Wildman–Crippen LogP) is 0.480. The molecule has 0 aliphatic carbocycles. The molecule has 5 nitrogen and oxygen atoms in total. The molecule has 0 spiro atoms. The Morgan fingerprint density at radius 1 is 1.37 bits per heavy atom. The van der Waals surface area contributed by atoms with Crippen LogP contribution >= 0.6 is 0 Å². The van der Waals surface area contributed by atoms with Crippen LogP contribution in [0.2, 0.25) is 0 Å². The van der Waals surface area contributed by atoms with Crippen molar-refractivity contribution in [2.45, 2.75) is 19.0 Å². The Hall–Kier alpha value is -1.17. The summed E-state index contributed by atoms with van der Waals surface area (Å²) in [5, 5.41) is 0. The van der Waals surface area contributed by atoms with Gasteiger partial charge >= 0.3 is 0 Å². The number of fused-ring (bicyclic) bond motifs is 3. The molecular formula is C14H22N4O. The van der Waals surface area contributed by atoms with Gasteiger partial charge in [-0.3, -0.25) is 14.8 Å². The lowest BCUT2D eigenvalue weighted by Gasteiger charge is -2.49. The van der Waals surface area contributed by atoms with E-state index in [0.717, 1.165) is 30.9 Å². The third-order valence-corrected chi connectivity index (χ3v) is 4.17. The van der Waals surface area contributed by atoms with Crippen molar-refractivity contribution in [1.29, 1.82) is 0 Å². The Bertz CT molecular complexity index is 431. The molecule has 2 unspecified atom stereocenters. The molecule has 0 radical (unpaired) electrons. The van der Waals surface area contributed by atoms with Crippen molar-refractivity contribution in [3.05, 3.63) is 24.0 Å². The molecule has 5 heteroatoms. The van der Waals surface area contributed by atoms with Gasteiger partial charge in [-0.05, 0) is 18.6 Å². The van der Waals surface area contributed by atoms with E-state index in [0.29, 0.717) is 12.6 Å². The Kier molecular flexibility index (Phi) is 3.68. The number of nitrogens with zero attached hydrogens (tertiary/aromatic N) is 3. The third kappa shape index (κ3) is 2.59. The van der Waals surface area contributed by atoms with Crippen LogP contribution in [0.15, 0.2) is 18.5 Å². The van der Waals surface area contributed by atoms with Gasteiger partial charge < -0.3 is 10.5 Å². The average molecular weight is 262 g/mol. The van der Waals surface area contributed by atoms with E-state index >= 15 is 0 Å². The quantitative estimate of drug-likeness (QED) is 0.855.